The molecule has 8 nitrogen and oxygen atoms in total. The molecule has 176 valence electrons. The maximum absolute atomic E-state index is 11.9. The number of nitrogen functional groups attached to an aromatic ring is 1. The van der Waals surface area contributed by atoms with Crippen LogP contribution >= 0.6 is 0 Å². The van der Waals surface area contributed by atoms with Crippen molar-refractivity contribution in [1.82, 2.24) is 4.98 Å². The number of pyridine rings is 1. The van der Waals surface area contributed by atoms with Crippen molar-refractivity contribution in [2.24, 2.45) is 10.2 Å². The zero-order chi connectivity index (χ0) is 24.1. The second-order valence-corrected chi connectivity index (χ2v) is 9.02. The van der Waals surface area contributed by atoms with Crippen molar-refractivity contribution in [3.8, 4) is 17.0 Å². The van der Waals surface area contributed by atoms with Gasteiger partial charge in [0.15, 0.2) is 0 Å². The molecule has 1 heterocycles. The van der Waals surface area contributed by atoms with Crippen LogP contribution in [-0.4, -0.2) is 54.1 Å². The minimum atomic E-state index is -4.48. The summed E-state index contributed by atoms with van der Waals surface area (Å²) in [6.45, 7) is 2.75. The quantitative estimate of drug-likeness (QED) is 0.105. The van der Waals surface area contributed by atoms with Crippen LogP contribution in [-0.2, 0) is 10.1 Å². The third-order valence-corrected chi connectivity index (χ3v) is 6.14. The maximum atomic E-state index is 11.9. The predicted molar refractivity (Wildman–Crippen MR) is 140 cm³/mol. The molecule has 0 aliphatic carbocycles. The summed E-state index contributed by atoms with van der Waals surface area (Å²) in [4.78, 5) is 4.20. The molecule has 3 aromatic carbocycles. The van der Waals surface area contributed by atoms with Gasteiger partial charge in [-0.25, -0.2) is 0 Å². The molecule has 0 fully saturated rings. The number of benzene rings is 3. The molecule has 4 rings (SSSR count). The van der Waals surface area contributed by atoms with Gasteiger partial charge in [-0.1, -0.05) is 49.7 Å². The number of azo groups is 1. The van der Waals surface area contributed by atoms with Gasteiger partial charge in [0, 0.05) is 16.3 Å². The first-order valence-corrected chi connectivity index (χ1v) is 12.2. The molecule has 1 aromatic heterocycles. The molecule has 0 aliphatic heterocycles. The molecule has 0 bridgehead atoms. The van der Waals surface area contributed by atoms with E-state index in [1.165, 1.54) is 6.07 Å². The number of hydrogen-bond donors (Lipinski definition) is 2. The number of fused-ring (bicyclic) bond motifs is 1. The van der Waals surface area contributed by atoms with Crippen LogP contribution < -0.4 is 10.5 Å². The molecule has 0 atom stereocenters. The van der Waals surface area contributed by atoms with Crippen LogP contribution in [0, 0.1) is 0 Å². The summed E-state index contributed by atoms with van der Waals surface area (Å²) in [6.07, 6.45) is 3.58. The monoisotopic (exact) mass is 500 g/mol. The SMILES string of the molecule is CCCCOc1ccccc1-c1ccc(N=Nc2cc(S(=O)(=O)O)c3ccccc3c2N)cn1.[NaH]. The fourth-order valence-electron chi connectivity index (χ4n) is 3.49. The first kappa shape index (κ1) is 26.8. The fraction of sp³-hybridized carbons (Fsp3) is 0.160. The van der Waals surface area contributed by atoms with Crippen LogP contribution in [0.25, 0.3) is 22.0 Å². The molecule has 0 unspecified atom stereocenters. The van der Waals surface area contributed by atoms with Crippen LogP contribution in [0.15, 0.2) is 88.1 Å². The Kier molecular flexibility index (Phi) is 8.98. The van der Waals surface area contributed by atoms with E-state index < -0.39 is 10.1 Å². The summed E-state index contributed by atoms with van der Waals surface area (Å²) in [6, 6.07) is 19.1. The van der Waals surface area contributed by atoms with Crippen LogP contribution in [0.4, 0.5) is 17.1 Å². The van der Waals surface area contributed by atoms with Crippen LogP contribution in [0.3, 0.4) is 0 Å². The van der Waals surface area contributed by atoms with Crippen molar-refractivity contribution in [1.29, 1.82) is 0 Å². The normalized spacial score (nSPS) is 11.5. The Hall–Kier alpha value is -2.82. The Morgan fingerprint density at radius 3 is 2.40 bits per heavy atom. The Morgan fingerprint density at radius 2 is 1.71 bits per heavy atom. The van der Waals surface area contributed by atoms with Crippen LogP contribution in [0.2, 0.25) is 0 Å². The van der Waals surface area contributed by atoms with E-state index in [2.05, 4.69) is 22.1 Å². The van der Waals surface area contributed by atoms with Gasteiger partial charge in [0.05, 0.1) is 24.2 Å². The van der Waals surface area contributed by atoms with Gasteiger partial charge in [0.1, 0.15) is 22.0 Å². The van der Waals surface area contributed by atoms with Gasteiger partial charge in [-0.2, -0.15) is 8.42 Å². The van der Waals surface area contributed by atoms with Gasteiger partial charge in [0.2, 0.25) is 0 Å². The first-order chi connectivity index (χ1) is 16.4. The number of para-hydroxylation sites is 1. The van der Waals surface area contributed by atoms with Gasteiger partial charge >= 0.3 is 29.6 Å². The predicted octanol–water partition coefficient (Wildman–Crippen LogP) is 5.68. The van der Waals surface area contributed by atoms with E-state index >= 15 is 0 Å². The van der Waals surface area contributed by atoms with E-state index in [1.807, 2.05) is 30.3 Å². The number of aromatic nitrogens is 1. The molecule has 0 radical (unpaired) electrons. The van der Waals surface area contributed by atoms with Crippen molar-refractivity contribution in [2.75, 3.05) is 12.3 Å². The summed E-state index contributed by atoms with van der Waals surface area (Å²) in [5, 5.41) is 9.06. The van der Waals surface area contributed by atoms with Gasteiger partial charge < -0.3 is 10.5 Å². The molecular formula is C25H25N4NaO4S. The molecule has 0 saturated heterocycles. The van der Waals surface area contributed by atoms with Crippen molar-refractivity contribution in [3.63, 3.8) is 0 Å². The van der Waals surface area contributed by atoms with Crippen molar-refractivity contribution in [3.05, 3.63) is 72.9 Å². The van der Waals surface area contributed by atoms with Gasteiger partial charge in [-0.3, -0.25) is 9.54 Å². The molecule has 10 heteroatoms. The zero-order valence-electron chi connectivity index (χ0n) is 18.5. The topological polar surface area (TPSA) is 127 Å². The zero-order valence-corrected chi connectivity index (χ0v) is 19.4. The molecule has 3 N–H and O–H groups in total. The minimum absolute atomic E-state index is 0. The standard InChI is InChI=1S/C25H24N4O4S.Na.H/c1-2-3-14-33-23-11-7-6-10-20(23)21-13-12-17(16-27-21)28-29-22-15-24(34(30,31)32)18-8-4-5-9-19(18)25(22)26;;/h4-13,15-16H,2-3,14,26H2,1H3,(H,30,31,32);;. The van der Waals surface area contributed by atoms with Crippen LogP contribution in [0.5, 0.6) is 5.75 Å². The molecule has 4 aromatic rings. The number of hydrogen-bond acceptors (Lipinski definition) is 7. The average molecular weight is 501 g/mol. The summed E-state index contributed by atoms with van der Waals surface area (Å²) in [5.41, 5.74) is 8.64. The number of rotatable bonds is 8. The summed E-state index contributed by atoms with van der Waals surface area (Å²) in [7, 11) is -4.48. The van der Waals surface area contributed by atoms with Crippen molar-refractivity contribution < 1.29 is 17.7 Å². The Bertz CT molecular complexity index is 1460. The van der Waals surface area contributed by atoms with E-state index in [-0.39, 0.29) is 45.8 Å². The first-order valence-electron chi connectivity index (χ1n) is 10.8. The van der Waals surface area contributed by atoms with Gasteiger partial charge in [0.25, 0.3) is 10.1 Å². The molecule has 35 heavy (non-hydrogen) atoms. The summed E-state index contributed by atoms with van der Waals surface area (Å²) >= 11 is 0. The van der Waals surface area contributed by atoms with E-state index in [9.17, 15) is 13.0 Å². The molecule has 0 aliphatic rings. The number of nitrogens with zero attached hydrogens (tertiary/aromatic N) is 3. The average Bonchev–Trinajstić information content (AvgIpc) is 2.84. The Balaban J connectivity index is 0.00000342. The number of nitrogens with two attached hydrogens (primary N) is 1. The molecule has 0 saturated carbocycles. The number of anilines is 1. The Morgan fingerprint density at radius 1 is 1.00 bits per heavy atom. The molecule has 0 amide bonds. The van der Waals surface area contributed by atoms with E-state index in [4.69, 9.17) is 10.5 Å². The summed E-state index contributed by atoms with van der Waals surface area (Å²) < 4.78 is 39.3. The second kappa shape index (κ2) is 11.7. The molecular weight excluding hydrogens is 475 g/mol. The van der Waals surface area contributed by atoms with E-state index in [0.717, 1.165) is 29.8 Å². The fourth-order valence-corrected chi connectivity index (χ4v) is 4.21. The van der Waals surface area contributed by atoms with Gasteiger partial charge in [-0.15, -0.1) is 10.2 Å². The van der Waals surface area contributed by atoms with Crippen LogP contribution in [0.1, 0.15) is 19.8 Å². The van der Waals surface area contributed by atoms with Crippen molar-refractivity contribution >= 4 is 67.5 Å². The Labute approximate surface area is 226 Å². The summed E-state index contributed by atoms with van der Waals surface area (Å²) in [5.74, 6) is 0.763. The van der Waals surface area contributed by atoms with E-state index in [0.29, 0.717) is 23.1 Å². The third kappa shape index (κ3) is 6.25. The second-order valence-electron chi connectivity index (χ2n) is 7.63. The number of ether oxygens (including phenoxy) is 1. The van der Waals surface area contributed by atoms with Gasteiger partial charge in [-0.05, 0) is 36.8 Å². The van der Waals surface area contributed by atoms with E-state index in [1.54, 1.807) is 36.5 Å². The third-order valence-electron chi connectivity index (χ3n) is 5.24. The number of unbranched alkanes of at least 4 members (excludes halogenated alkanes) is 1. The molecule has 0 spiro atoms. The van der Waals surface area contributed by atoms with Crippen molar-refractivity contribution in [2.45, 2.75) is 24.7 Å².